The minimum atomic E-state index is 0.568. The molecule has 17 heavy (non-hydrogen) atoms. The summed E-state index contributed by atoms with van der Waals surface area (Å²) in [5.74, 6) is 0.673. The zero-order chi connectivity index (χ0) is 12.1. The van der Waals surface area contributed by atoms with E-state index in [9.17, 15) is 0 Å². The molecule has 4 heteroatoms. The van der Waals surface area contributed by atoms with Crippen molar-refractivity contribution in [2.75, 3.05) is 7.11 Å². The molecule has 0 spiro atoms. The first-order chi connectivity index (χ1) is 8.35. The quantitative estimate of drug-likeness (QED) is 0.436. The third kappa shape index (κ3) is 2.38. The average Bonchev–Trinajstić information content (AvgIpc) is 2.40. The smallest absolute Gasteiger partial charge is 0.119 e. The zero-order valence-corrected chi connectivity index (χ0v) is 9.37. The first kappa shape index (κ1) is 11.0. The van der Waals surface area contributed by atoms with Crippen molar-refractivity contribution in [3.8, 4) is 16.9 Å². The van der Waals surface area contributed by atoms with E-state index in [0.717, 1.165) is 11.1 Å². The fourth-order valence-electron chi connectivity index (χ4n) is 1.63. The standard InChI is InChI=1S/C13H11N3O/c1-17-11-7-8-12(13(9-11)15-16-14)10-5-3-2-4-6-10/h2-9H,1H3. The Morgan fingerprint density at radius 2 is 1.88 bits per heavy atom. The Hall–Kier alpha value is -2.45. The molecule has 0 saturated heterocycles. The minimum Gasteiger partial charge on any atom is -0.497 e. The van der Waals surface area contributed by atoms with Gasteiger partial charge in [-0.3, -0.25) is 0 Å². The van der Waals surface area contributed by atoms with Gasteiger partial charge >= 0.3 is 0 Å². The maximum absolute atomic E-state index is 8.57. The second-order valence-corrected chi connectivity index (χ2v) is 3.44. The van der Waals surface area contributed by atoms with E-state index < -0.39 is 0 Å². The van der Waals surface area contributed by atoms with Crippen molar-refractivity contribution in [3.05, 3.63) is 59.0 Å². The zero-order valence-electron chi connectivity index (χ0n) is 9.37. The summed E-state index contributed by atoms with van der Waals surface area (Å²) >= 11 is 0. The highest BCUT2D eigenvalue weighted by Crippen LogP contribution is 2.33. The normalized spacial score (nSPS) is 9.47. The molecule has 2 rings (SSSR count). The predicted molar refractivity (Wildman–Crippen MR) is 67.2 cm³/mol. The number of nitrogens with zero attached hydrogens (tertiary/aromatic N) is 3. The Labute approximate surface area is 99.1 Å². The molecular weight excluding hydrogens is 214 g/mol. The van der Waals surface area contributed by atoms with Gasteiger partial charge in [0.25, 0.3) is 0 Å². The van der Waals surface area contributed by atoms with Crippen LogP contribution >= 0.6 is 0 Å². The highest BCUT2D eigenvalue weighted by atomic mass is 16.5. The van der Waals surface area contributed by atoms with Crippen molar-refractivity contribution in [2.24, 2.45) is 5.11 Å². The Morgan fingerprint density at radius 1 is 1.12 bits per heavy atom. The van der Waals surface area contributed by atoms with Crippen LogP contribution in [-0.4, -0.2) is 7.11 Å². The first-order valence-electron chi connectivity index (χ1n) is 5.13. The monoisotopic (exact) mass is 225 g/mol. The minimum absolute atomic E-state index is 0.568. The average molecular weight is 225 g/mol. The fourth-order valence-corrected chi connectivity index (χ4v) is 1.63. The maximum atomic E-state index is 8.57. The van der Waals surface area contributed by atoms with Crippen LogP contribution in [-0.2, 0) is 0 Å². The van der Waals surface area contributed by atoms with Gasteiger partial charge in [0.2, 0.25) is 0 Å². The van der Waals surface area contributed by atoms with Crippen LogP contribution in [0.4, 0.5) is 5.69 Å². The van der Waals surface area contributed by atoms with Gasteiger partial charge in [0.15, 0.2) is 0 Å². The van der Waals surface area contributed by atoms with Gasteiger partial charge < -0.3 is 4.74 Å². The number of hydrogen-bond donors (Lipinski definition) is 0. The van der Waals surface area contributed by atoms with Gasteiger partial charge in [0, 0.05) is 10.6 Å². The summed E-state index contributed by atoms with van der Waals surface area (Å²) in [4.78, 5) is 2.84. The summed E-state index contributed by atoms with van der Waals surface area (Å²) in [6.07, 6.45) is 0. The van der Waals surface area contributed by atoms with Gasteiger partial charge in [-0.1, -0.05) is 41.5 Å². The molecule has 2 aromatic carbocycles. The van der Waals surface area contributed by atoms with Crippen LogP contribution in [0.5, 0.6) is 5.75 Å². The van der Waals surface area contributed by atoms with Crippen LogP contribution in [0.3, 0.4) is 0 Å². The fraction of sp³-hybridized carbons (Fsp3) is 0.0769. The molecule has 0 atom stereocenters. The van der Waals surface area contributed by atoms with Crippen molar-refractivity contribution in [1.29, 1.82) is 0 Å². The lowest BCUT2D eigenvalue weighted by molar-refractivity contribution is 0.415. The van der Waals surface area contributed by atoms with Crippen LogP contribution in [0, 0.1) is 0 Å². The van der Waals surface area contributed by atoms with E-state index in [1.54, 1.807) is 13.2 Å². The van der Waals surface area contributed by atoms with Gasteiger partial charge in [0.1, 0.15) is 5.75 Å². The summed E-state index contributed by atoms with van der Waals surface area (Å²) in [5.41, 5.74) is 11.0. The van der Waals surface area contributed by atoms with Crippen LogP contribution in [0.2, 0.25) is 0 Å². The molecule has 0 amide bonds. The summed E-state index contributed by atoms with van der Waals surface area (Å²) in [6.45, 7) is 0. The highest BCUT2D eigenvalue weighted by Gasteiger charge is 2.04. The van der Waals surface area contributed by atoms with E-state index in [1.165, 1.54) is 0 Å². The van der Waals surface area contributed by atoms with Crippen molar-refractivity contribution in [2.45, 2.75) is 0 Å². The van der Waals surface area contributed by atoms with E-state index in [2.05, 4.69) is 10.0 Å². The lowest BCUT2D eigenvalue weighted by atomic mass is 10.0. The molecule has 0 aromatic heterocycles. The summed E-state index contributed by atoms with van der Waals surface area (Å²) < 4.78 is 5.11. The molecular formula is C13H11N3O. The summed E-state index contributed by atoms with van der Waals surface area (Å²) in [7, 11) is 1.58. The first-order valence-corrected chi connectivity index (χ1v) is 5.13. The molecule has 0 radical (unpaired) electrons. The number of ether oxygens (including phenoxy) is 1. The van der Waals surface area contributed by atoms with Crippen molar-refractivity contribution in [3.63, 3.8) is 0 Å². The number of benzene rings is 2. The Balaban J connectivity index is 2.57. The molecule has 0 heterocycles. The SMILES string of the molecule is COc1ccc(-c2ccccc2)c(N=[N+]=[N-])c1. The maximum Gasteiger partial charge on any atom is 0.119 e. The van der Waals surface area contributed by atoms with E-state index in [1.807, 2.05) is 42.5 Å². The van der Waals surface area contributed by atoms with E-state index in [0.29, 0.717) is 11.4 Å². The molecule has 0 N–H and O–H groups in total. The van der Waals surface area contributed by atoms with Crippen LogP contribution < -0.4 is 4.74 Å². The third-order valence-electron chi connectivity index (χ3n) is 2.44. The van der Waals surface area contributed by atoms with Gasteiger partial charge in [-0.25, -0.2) is 0 Å². The molecule has 0 aliphatic rings. The third-order valence-corrected chi connectivity index (χ3v) is 2.44. The molecule has 0 fully saturated rings. The highest BCUT2D eigenvalue weighted by molar-refractivity contribution is 5.76. The summed E-state index contributed by atoms with van der Waals surface area (Å²) in [6, 6.07) is 15.2. The lowest BCUT2D eigenvalue weighted by Crippen LogP contribution is -1.84. The molecule has 0 bridgehead atoms. The molecule has 0 saturated carbocycles. The van der Waals surface area contributed by atoms with E-state index in [4.69, 9.17) is 10.3 Å². The number of rotatable bonds is 3. The second kappa shape index (κ2) is 5.05. The number of hydrogen-bond acceptors (Lipinski definition) is 2. The van der Waals surface area contributed by atoms with Gasteiger partial charge in [-0.15, -0.1) is 0 Å². The second-order valence-electron chi connectivity index (χ2n) is 3.44. The molecule has 4 nitrogen and oxygen atoms in total. The van der Waals surface area contributed by atoms with Crippen molar-refractivity contribution < 1.29 is 4.74 Å². The molecule has 0 aliphatic heterocycles. The van der Waals surface area contributed by atoms with E-state index in [-0.39, 0.29) is 0 Å². The Kier molecular flexibility index (Phi) is 3.28. The molecule has 84 valence electrons. The Morgan fingerprint density at radius 3 is 2.53 bits per heavy atom. The van der Waals surface area contributed by atoms with Gasteiger partial charge in [-0.2, -0.15) is 0 Å². The topological polar surface area (TPSA) is 58.0 Å². The van der Waals surface area contributed by atoms with Gasteiger partial charge in [-0.05, 0) is 28.8 Å². The largest absolute Gasteiger partial charge is 0.497 e. The van der Waals surface area contributed by atoms with E-state index >= 15 is 0 Å². The summed E-state index contributed by atoms with van der Waals surface area (Å²) in [5, 5.41) is 3.69. The van der Waals surface area contributed by atoms with Gasteiger partial charge in [0.05, 0.1) is 7.11 Å². The number of methoxy groups -OCH3 is 1. The molecule has 2 aromatic rings. The van der Waals surface area contributed by atoms with Crippen LogP contribution in [0.15, 0.2) is 53.6 Å². The Bertz CT molecular complexity index is 560. The van der Waals surface area contributed by atoms with Crippen LogP contribution in [0.25, 0.3) is 21.6 Å². The van der Waals surface area contributed by atoms with Crippen LogP contribution in [0.1, 0.15) is 0 Å². The lowest BCUT2D eigenvalue weighted by Gasteiger charge is -2.07. The van der Waals surface area contributed by atoms with Crippen molar-refractivity contribution in [1.82, 2.24) is 0 Å². The molecule has 0 unspecified atom stereocenters. The molecule has 0 aliphatic carbocycles. The number of azide groups is 1. The van der Waals surface area contributed by atoms with Crippen molar-refractivity contribution >= 4 is 5.69 Å². The predicted octanol–water partition coefficient (Wildman–Crippen LogP) is 4.30.